The van der Waals surface area contributed by atoms with E-state index in [1.807, 2.05) is 24.3 Å². The SMILES string of the molecule is COc1ccc(-c2noc(N3CCC(C(=O)NCC4CCN(CC5CCCC5)C4)CC3)n2)cc1. The molecule has 1 aromatic heterocycles. The number of ether oxygens (including phenoxy) is 1. The third-order valence-electron chi connectivity index (χ3n) is 7.83. The molecule has 5 rings (SSSR count). The highest BCUT2D eigenvalue weighted by Crippen LogP contribution is 2.28. The zero-order valence-corrected chi connectivity index (χ0v) is 20.2. The van der Waals surface area contributed by atoms with Gasteiger partial charge in [-0.3, -0.25) is 4.79 Å². The maximum absolute atomic E-state index is 12.8. The third-order valence-corrected chi connectivity index (χ3v) is 7.83. The van der Waals surface area contributed by atoms with Gasteiger partial charge in [0.25, 0.3) is 0 Å². The van der Waals surface area contributed by atoms with Crippen LogP contribution in [0.5, 0.6) is 5.75 Å². The fourth-order valence-electron chi connectivity index (χ4n) is 5.73. The minimum atomic E-state index is 0.0659. The van der Waals surface area contributed by atoms with Gasteiger partial charge in [-0.15, -0.1) is 0 Å². The number of nitrogens with zero attached hydrogens (tertiary/aromatic N) is 4. The minimum Gasteiger partial charge on any atom is -0.497 e. The Morgan fingerprint density at radius 3 is 2.56 bits per heavy atom. The molecule has 2 saturated heterocycles. The van der Waals surface area contributed by atoms with Gasteiger partial charge in [-0.05, 0) is 74.8 Å². The van der Waals surface area contributed by atoms with Crippen molar-refractivity contribution in [1.29, 1.82) is 0 Å². The summed E-state index contributed by atoms with van der Waals surface area (Å²) in [5.41, 5.74) is 0.888. The molecule has 2 aliphatic heterocycles. The lowest BCUT2D eigenvalue weighted by Crippen LogP contribution is -2.42. The van der Waals surface area contributed by atoms with Gasteiger partial charge in [-0.25, -0.2) is 0 Å². The van der Waals surface area contributed by atoms with Crippen LogP contribution in [-0.4, -0.2) is 67.3 Å². The van der Waals surface area contributed by atoms with Crippen molar-refractivity contribution in [3.63, 3.8) is 0 Å². The number of benzene rings is 1. The smallest absolute Gasteiger partial charge is 0.324 e. The molecule has 8 nitrogen and oxygen atoms in total. The lowest BCUT2D eigenvalue weighted by molar-refractivity contribution is -0.125. The van der Waals surface area contributed by atoms with Crippen LogP contribution in [0.2, 0.25) is 0 Å². The van der Waals surface area contributed by atoms with Crippen LogP contribution in [0, 0.1) is 17.8 Å². The average molecular weight is 468 g/mol. The Morgan fingerprint density at radius 2 is 1.82 bits per heavy atom. The maximum Gasteiger partial charge on any atom is 0.324 e. The monoisotopic (exact) mass is 467 g/mol. The molecular weight excluding hydrogens is 430 g/mol. The molecule has 3 aliphatic rings. The van der Waals surface area contributed by atoms with E-state index in [1.165, 1.54) is 45.2 Å². The van der Waals surface area contributed by atoms with Gasteiger partial charge in [-0.1, -0.05) is 18.0 Å². The molecule has 8 heteroatoms. The van der Waals surface area contributed by atoms with Crippen molar-refractivity contribution in [2.75, 3.05) is 51.3 Å². The van der Waals surface area contributed by atoms with E-state index in [1.54, 1.807) is 7.11 Å². The topological polar surface area (TPSA) is 83.7 Å². The molecule has 0 spiro atoms. The molecule has 0 radical (unpaired) electrons. The first-order chi connectivity index (χ1) is 16.7. The molecule has 2 aromatic rings. The van der Waals surface area contributed by atoms with Crippen molar-refractivity contribution >= 4 is 11.9 Å². The number of piperidine rings is 1. The van der Waals surface area contributed by atoms with Crippen molar-refractivity contribution in [1.82, 2.24) is 20.4 Å². The van der Waals surface area contributed by atoms with Gasteiger partial charge in [0.1, 0.15) is 5.75 Å². The van der Waals surface area contributed by atoms with Gasteiger partial charge in [0.05, 0.1) is 7.11 Å². The van der Waals surface area contributed by atoms with E-state index >= 15 is 0 Å². The highest BCUT2D eigenvalue weighted by atomic mass is 16.5. The molecule has 34 heavy (non-hydrogen) atoms. The van der Waals surface area contributed by atoms with E-state index < -0.39 is 0 Å². The molecular formula is C26H37N5O3. The summed E-state index contributed by atoms with van der Waals surface area (Å²) in [6.07, 6.45) is 8.46. The number of carbonyl (C=O) groups excluding carboxylic acids is 1. The first-order valence-electron chi connectivity index (χ1n) is 12.9. The Morgan fingerprint density at radius 1 is 1.06 bits per heavy atom. The van der Waals surface area contributed by atoms with Crippen molar-refractivity contribution < 1.29 is 14.1 Å². The number of methoxy groups -OCH3 is 1. The molecule has 184 valence electrons. The number of aromatic nitrogens is 2. The second kappa shape index (κ2) is 10.8. The number of hydrogen-bond acceptors (Lipinski definition) is 7. The lowest BCUT2D eigenvalue weighted by Gasteiger charge is -2.30. The van der Waals surface area contributed by atoms with Gasteiger partial charge < -0.3 is 24.4 Å². The Kier molecular flexibility index (Phi) is 7.33. The predicted molar refractivity (Wildman–Crippen MR) is 131 cm³/mol. The maximum atomic E-state index is 12.8. The van der Waals surface area contributed by atoms with Gasteiger partial charge in [-0.2, -0.15) is 4.98 Å². The van der Waals surface area contributed by atoms with Crippen molar-refractivity contribution in [3.05, 3.63) is 24.3 Å². The standard InChI is InChI=1S/C26H37N5O3/c1-33-23-8-6-21(7-9-23)24-28-26(34-29-24)31-14-11-22(12-15-31)25(32)27-16-20-10-13-30(18-20)17-19-4-2-3-5-19/h6-9,19-20,22H,2-5,10-18H2,1H3,(H,27,32). The summed E-state index contributed by atoms with van der Waals surface area (Å²) in [5.74, 6) is 3.14. The summed E-state index contributed by atoms with van der Waals surface area (Å²) < 4.78 is 10.7. The van der Waals surface area contributed by atoms with E-state index in [4.69, 9.17) is 9.26 Å². The summed E-state index contributed by atoms with van der Waals surface area (Å²) >= 11 is 0. The molecule has 1 N–H and O–H groups in total. The van der Waals surface area contributed by atoms with Crippen LogP contribution >= 0.6 is 0 Å². The summed E-state index contributed by atoms with van der Waals surface area (Å²) in [6.45, 7) is 5.91. The summed E-state index contributed by atoms with van der Waals surface area (Å²) in [7, 11) is 1.64. The number of hydrogen-bond donors (Lipinski definition) is 1. The van der Waals surface area contributed by atoms with Crippen molar-refractivity contribution in [2.24, 2.45) is 17.8 Å². The van der Waals surface area contributed by atoms with Crippen molar-refractivity contribution in [3.8, 4) is 17.1 Å². The summed E-state index contributed by atoms with van der Waals surface area (Å²) in [6, 6.07) is 8.13. The highest BCUT2D eigenvalue weighted by molar-refractivity contribution is 5.79. The number of likely N-dealkylation sites (tertiary alicyclic amines) is 1. The van der Waals surface area contributed by atoms with Crippen LogP contribution in [0.4, 0.5) is 6.01 Å². The Labute approximate surface area is 202 Å². The van der Waals surface area contributed by atoms with Gasteiger partial charge in [0.15, 0.2) is 0 Å². The van der Waals surface area contributed by atoms with Crippen LogP contribution in [0.25, 0.3) is 11.4 Å². The summed E-state index contributed by atoms with van der Waals surface area (Å²) in [4.78, 5) is 22.1. The molecule has 1 atom stereocenters. The predicted octanol–water partition coefficient (Wildman–Crippen LogP) is 3.59. The van der Waals surface area contributed by atoms with Crippen LogP contribution in [0.15, 0.2) is 28.8 Å². The van der Waals surface area contributed by atoms with Gasteiger partial charge in [0, 0.05) is 44.2 Å². The van der Waals surface area contributed by atoms with E-state index in [0.29, 0.717) is 17.8 Å². The lowest BCUT2D eigenvalue weighted by atomic mass is 9.96. The van der Waals surface area contributed by atoms with E-state index in [9.17, 15) is 4.79 Å². The Hall–Kier alpha value is -2.61. The molecule has 1 saturated carbocycles. The molecule has 0 bridgehead atoms. The van der Waals surface area contributed by atoms with E-state index in [2.05, 4.69) is 25.3 Å². The van der Waals surface area contributed by atoms with E-state index in [0.717, 1.165) is 56.3 Å². The molecule has 1 amide bonds. The quantitative estimate of drug-likeness (QED) is 0.635. The van der Waals surface area contributed by atoms with Gasteiger partial charge >= 0.3 is 6.01 Å². The number of carbonyl (C=O) groups is 1. The van der Waals surface area contributed by atoms with Crippen LogP contribution in [0.3, 0.4) is 0 Å². The van der Waals surface area contributed by atoms with E-state index in [-0.39, 0.29) is 11.8 Å². The largest absolute Gasteiger partial charge is 0.497 e. The number of anilines is 1. The first-order valence-corrected chi connectivity index (χ1v) is 12.9. The van der Waals surface area contributed by atoms with Crippen LogP contribution in [-0.2, 0) is 4.79 Å². The van der Waals surface area contributed by atoms with Crippen LogP contribution in [0.1, 0.15) is 44.9 Å². The average Bonchev–Trinajstić information content (AvgIpc) is 3.66. The Bertz CT molecular complexity index is 932. The molecule has 3 heterocycles. The van der Waals surface area contributed by atoms with Gasteiger partial charge in [0.2, 0.25) is 11.7 Å². The fourth-order valence-corrected chi connectivity index (χ4v) is 5.73. The van der Waals surface area contributed by atoms with Crippen LogP contribution < -0.4 is 15.0 Å². The molecule has 3 fully saturated rings. The third kappa shape index (κ3) is 5.54. The van der Waals surface area contributed by atoms with Crippen molar-refractivity contribution in [2.45, 2.75) is 44.9 Å². The zero-order valence-electron chi connectivity index (χ0n) is 20.2. The fraction of sp³-hybridized carbons (Fsp3) is 0.654. The molecule has 1 aliphatic carbocycles. The first kappa shape index (κ1) is 23.1. The zero-order chi connectivity index (χ0) is 23.3. The normalized spacial score (nSPS) is 22.4. The highest BCUT2D eigenvalue weighted by Gasteiger charge is 2.30. The molecule has 1 unspecified atom stereocenters. The summed E-state index contributed by atoms with van der Waals surface area (Å²) in [5, 5.41) is 7.38. The minimum absolute atomic E-state index is 0.0659. The number of nitrogens with one attached hydrogen (secondary N) is 1. The Balaban J connectivity index is 1.04. The second-order valence-electron chi connectivity index (χ2n) is 10.2. The number of amides is 1. The second-order valence-corrected chi connectivity index (χ2v) is 10.2. The number of rotatable bonds is 8. The molecule has 1 aromatic carbocycles.